The van der Waals surface area contributed by atoms with E-state index in [9.17, 15) is 18.4 Å². The summed E-state index contributed by atoms with van der Waals surface area (Å²) < 4.78 is 27.1. The Balaban J connectivity index is 1.54. The Kier molecular flexibility index (Phi) is 3.87. The zero-order valence-electron chi connectivity index (χ0n) is 13.5. The van der Waals surface area contributed by atoms with E-state index in [1.54, 1.807) is 12.1 Å². The molecule has 1 fully saturated rings. The highest BCUT2D eigenvalue weighted by molar-refractivity contribution is 6.07. The summed E-state index contributed by atoms with van der Waals surface area (Å²) >= 11 is 0. The van der Waals surface area contributed by atoms with Crippen molar-refractivity contribution in [2.24, 2.45) is 5.92 Å². The maximum Gasteiger partial charge on any atom is 0.229 e. The summed E-state index contributed by atoms with van der Waals surface area (Å²) in [5, 5.41) is 9.62. The Hall–Kier alpha value is -3.29. The standard InChI is InChI=1S/C18H14F2N4O2/c19-11-4-6-12(7-5-11)21-18(26)10-8-15(25)24(9-10)17-16-13(20)2-1-3-14(16)22-23-17/h1-7,10H,8-9H2,(H,21,26)(H,22,23)/t10-/m0/s1. The van der Waals surface area contributed by atoms with E-state index in [4.69, 9.17) is 0 Å². The molecular weight excluding hydrogens is 342 g/mol. The molecule has 0 saturated carbocycles. The molecule has 1 saturated heterocycles. The van der Waals surface area contributed by atoms with Gasteiger partial charge in [0.1, 0.15) is 11.6 Å². The number of anilines is 2. The fourth-order valence-electron chi connectivity index (χ4n) is 3.07. The van der Waals surface area contributed by atoms with Gasteiger partial charge in [0.05, 0.1) is 16.8 Å². The first-order chi connectivity index (χ1) is 12.5. The van der Waals surface area contributed by atoms with Gasteiger partial charge < -0.3 is 5.32 Å². The van der Waals surface area contributed by atoms with Gasteiger partial charge in [0.2, 0.25) is 11.8 Å². The summed E-state index contributed by atoms with van der Waals surface area (Å²) in [6.45, 7) is 0.0974. The van der Waals surface area contributed by atoms with E-state index in [2.05, 4.69) is 15.5 Å². The molecule has 2 aromatic carbocycles. The number of carbonyl (C=O) groups is 2. The lowest BCUT2D eigenvalue weighted by atomic mass is 10.1. The van der Waals surface area contributed by atoms with Gasteiger partial charge in [-0.05, 0) is 36.4 Å². The number of amides is 2. The molecule has 1 aromatic heterocycles. The molecule has 0 unspecified atom stereocenters. The van der Waals surface area contributed by atoms with Crippen LogP contribution in [0.2, 0.25) is 0 Å². The van der Waals surface area contributed by atoms with Gasteiger partial charge in [-0.2, -0.15) is 5.10 Å². The second-order valence-electron chi connectivity index (χ2n) is 6.11. The van der Waals surface area contributed by atoms with Gasteiger partial charge in [0.15, 0.2) is 5.82 Å². The first-order valence-corrected chi connectivity index (χ1v) is 8.02. The lowest BCUT2D eigenvalue weighted by molar-refractivity contribution is -0.122. The van der Waals surface area contributed by atoms with E-state index < -0.39 is 17.6 Å². The lowest BCUT2D eigenvalue weighted by Gasteiger charge is -2.14. The summed E-state index contributed by atoms with van der Waals surface area (Å²) in [6, 6.07) is 9.86. The predicted octanol–water partition coefficient (Wildman–Crippen LogP) is 2.83. The molecule has 1 aliphatic heterocycles. The van der Waals surface area contributed by atoms with Crippen molar-refractivity contribution in [3.05, 3.63) is 54.1 Å². The van der Waals surface area contributed by atoms with Crippen molar-refractivity contribution >= 4 is 34.2 Å². The van der Waals surface area contributed by atoms with Gasteiger partial charge in [-0.25, -0.2) is 8.78 Å². The van der Waals surface area contributed by atoms with Gasteiger partial charge in [-0.3, -0.25) is 19.6 Å². The average Bonchev–Trinajstić information content (AvgIpc) is 3.21. The van der Waals surface area contributed by atoms with Crippen LogP contribution in [-0.4, -0.2) is 28.6 Å². The molecule has 0 bridgehead atoms. The SMILES string of the molecule is O=C(Nc1ccc(F)cc1)[C@H]1CC(=O)N(c2n[nH]c3cccc(F)c23)C1. The van der Waals surface area contributed by atoms with Crippen LogP contribution in [0.25, 0.3) is 10.9 Å². The smallest absolute Gasteiger partial charge is 0.229 e. The van der Waals surface area contributed by atoms with Crippen LogP contribution in [0, 0.1) is 17.6 Å². The maximum atomic E-state index is 14.1. The first kappa shape index (κ1) is 16.2. The lowest BCUT2D eigenvalue weighted by Crippen LogP contribution is -2.28. The number of rotatable bonds is 3. The molecule has 2 amide bonds. The quantitative estimate of drug-likeness (QED) is 0.757. The van der Waals surface area contributed by atoms with E-state index >= 15 is 0 Å². The molecule has 0 radical (unpaired) electrons. The van der Waals surface area contributed by atoms with Crippen molar-refractivity contribution < 1.29 is 18.4 Å². The topological polar surface area (TPSA) is 78.1 Å². The summed E-state index contributed by atoms with van der Waals surface area (Å²) in [5.41, 5.74) is 0.922. The van der Waals surface area contributed by atoms with E-state index in [0.29, 0.717) is 11.2 Å². The van der Waals surface area contributed by atoms with Crippen molar-refractivity contribution in [1.29, 1.82) is 0 Å². The number of halogens is 2. The van der Waals surface area contributed by atoms with Crippen LogP contribution < -0.4 is 10.2 Å². The molecule has 1 aliphatic rings. The van der Waals surface area contributed by atoms with Crippen molar-refractivity contribution in [3.63, 3.8) is 0 Å². The molecule has 6 nitrogen and oxygen atoms in total. The zero-order chi connectivity index (χ0) is 18.3. The van der Waals surface area contributed by atoms with Crippen molar-refractivity contribution in [2.45, 2.75) is 6.42 Å². The largest absolute Gasteiger partial charge is 0.326 e. The number of nitrogens with one attached hydrogen (secondary N) is 2. The van der Waals surface area contributed by atoms with Gasteiger partial charge in [-0.1, -0.05) is 6.07 Å². The third-order valence-corrected chi connectivity index (χ3v) is 4.38. The van der Waals surface area contributed by atoms with Crippen LogP contribution in [0.4, 0.5) is 20.3 Å². The highest BCUT2D eigenvalue weighted by atomic mass is 19.1. The molecule has 1 atom stereocenters. The van der Waals surface area contributed by atoms with Gasteiger partial charge in [0.25, 0.3) is 0 Å². The number of fused-ring (bicyclic) bond motifs is 1. The molecule has 132 valence electrons. The number of carbonyl (C=O) groups excluding carboxylic acids is 2. The van der Waals surface area contributed by atoms with Crippen molar-refractivity contribution in [3.8, 4) is 0 Å². The maximum absolute atomic E-state index is 14.1. The van der Waals surface area contributed by atoms with Gasteiger partial charge >= 0.3 is 0 Å². The number of hydrogen-bond acceptors (Lipinski definition) is 3. The predicted molar refractivity (Wildman–Crippen MR) is 91.5 cm³/mol. The minimum atomic E-state index is -0.605. The highest BCUT2D eigenvalue weighted by Crippen LogP contribution is 2.31. The number of hydrogen-bond donors (Lipinski definition) is 2. The van der Waals surface area contributed by atoms with Crippen LogP contribution in [0.15, 0.2) is 42.5 Å². The Morgan fingerprint density at radius 3 is 2.73 bits per heavy atom. The fraction of sp³-hybridized carbons (Fsp3) is 0.167. The van der Waals surface area contributed by atoms with Crippen LogP contribution in [0.5, 0.6) is 0 Å². The van der Waals surface area contributed by atoms with Crippen LogP contribution in [0.3, 0.4) is 0 Å². The Morgan fingerprint density at radius 2 is 1.96 bits per heavy atom. The molecular formula is C18H14F2N4O2. The Morgan fingerprint density at radius 1 is 1.19 bits per heavy atom. The number of benzene rings is 2. The Labute approximate surface area is 146 Å². The average molecular weight is 356 g/mol. The number of aromatic amines is 1. The molecule has 3 aromatic rings. The van der Waals surface area contributed by atoms with Crippen LogP contribution in [-0.2, 0) is 9.59 Å². The Bertz CT molecular complexity index is 1000. The number of H-pyrrole nitrogens is 1. The third kappa shape index (κ3) is 2.79. The highest BCUT2D eigenvalue weighted by Gasteiger charge is 2.37. The van der Waals surface area contributed by atoms with E-state index in [1.807, 2.05) is 0 Å². The monoisotopic (exact) mass is 356 g/mol. The third-order valence-electron chi connectivity index (χ3n) is 4.38. The van der Waals surface area contributed by atoms with E-state index in [-0.39, 0.29) is 36.0 Å². The van der Waals surface area contributed by atoms with Crippen molar-refractivity contribution in [1.82, 2.24) is 10.2 Å². The van der Waals surface area contributed by atoms with Crippen LogP contribution >= 0.6 is 0 Å². The second-order valence-corrected chi connectivity index (χ2v) is 6.11. The second kappa shape index (κ2) is 6.21. The van der Waals surface area contributed by atoms with E-state index in [1.165, 1.54) is 35.2 Å². The molecule has 2 heterocycles. The summed E-state index contributed by atoms with van der Waals surface area (Å²) in [6.07, 6.45) is -0.00413. The fourth-order valence-corrected chi connectivity index (χ4v) is 3.07. The van der Waals surface area contributed by atoms with Crippen LogP contribution in [0.1, 0.15) is 6.42 Å². The molecule has 8 heteroatoms. The normalized spacial score (nSPS) is 17.1. The summed E-state index contributed by atoms with van der Waals surface area (Å²) in [5.74, 6) is -1.98. The molecule has 4 rings (SSSR count). The van der Waals surface area contributed by atoms with Gasteiger partial charge in [-0.15, -0.1) is 0 Å². The summed E-state index contributed by atoms with van der Waals surface area (Å²) in [7, 11) is 0. The minimum absolute atomic E-state index is 0.00413. The molecule has 2 N–H and O–H groups in total. The molecule has 26 heavy (non-hydrogen) atoms. The van der Waals surface area contributed by atoms with Crippen molar-refractivity contribution in [2.75, 3.05) is 16.8 Å². The minimum Gasteiger partial charge on any atom is -0.326 e. The molecule has 0 spiro atoms. The first-order valence-electron chi connectivity index (χ1n) is 8.02. The number of nitrogens with zero attached hydrogens (tertiary/aromatic N) is 2. The molecule has 0 aliphatic carbocycles. The van der Waals surface area contributed by atoms with Gasteiger partial charge in [0, 0.05) is 18.7 Å². The number of aromatic nitrogens is 2. The zero-order valence-corrected chi connectivity index (χ0v) is 13.5. The summed E-state index contributed by atoms with van der Waals surface area (Å²) in [4.78, 5) is 26.1. The van der Waals surface area contributed by atoms with E-state index in [0.717, 1.165) is 0 Å².